The molecule has 0 aliphatic carbocycles. The van der Waals surface area contributed by atoms with Crippen LogP contribution in [0, 0.1) is 19.3 Å². The Labute approximate surface area is 107 Å². The monoisotopic (exact) mass is 255 g/mol. The summed E-state index contributed by atoms with van der Waals surface area (Å²) >= 11 is 1.62. The summed E-state index contributed by atoms with van der Waals surface area (Å²) < 4.78 is 0. The predicted molar refractivity (Wildman–Crippen MR) is 70.2 cm³/mol. The van der Waals surface area contributed by atoms with Crippen LogP contribution in [0.15, 0.2) is 6.07 Å². The Hall–Kier alpha value is -0.870. The van der Waals surface area contributed by atoms with E-state index >= 15 is 0 Å². The third-order valence-electron chi connectivity index (χ3n) is 3.13. The summed E-state index contributed by atoms with van der Waals surface area (Å²) in [5, 5.41) is 10.7. The number of rotatable bonds is 4. The van der Waals surface area contributed by atoms with Crippen LogP contribution in [0.2, 0.25) is 0 Å². The molecule has 1 amide bonds. The Kier molecular flexibility index (Phi) is 4.33. The normalized spacial score (nSPS) is 11.6. The molecule has 1 rings (SSSR count). The fourth-order valence-corrected chi connectivity index (χ4v) is 2.59. The molecule has 17 heavy (non-hydrogen) atoms. The molecule has 0 fully saturated rings. The predicted octanol–water partition coefficient (Wildman–Crippen LogP) is 3.52. The van der Waals surface area contributed by atoms with Gasteiger partial charge in [0.05, 0.1) is 6.54 Å². The van der Waals surface area contributed by atoms with E-state index in [1.165, 1.54) is 4.88 Å². The van der Waals surface area contributed by atoms with Gasteiger partial charge in [-0.25, -0.2) is 5.06 Å². The zero-order chi connectivity index (χ0) is 13.2. The Morgan fingerprint density at radius 1 is 1.47 bits per heavy atom. The maximum Gasteiger partial charge on any atom is 0.251 e. The summed E-state index contributed by atoms with van der Waals surface area (Å²) in [4.78, 5) is 14.2. The summed E-state index contributed by atoms with van der Waals surface area (Å²) in [5.41, 5.74) is 0.628. The quantitative estimate of drug-likeness (QED) is 0.660. The molecule has 1 heterocycles. The molecule has 0 bridgehead atoms. The van der Waals surface area contributed by atoms with Crippen molar-refractivity contribution in [3.05, 3.63) is 21.4 Å². The Morgan fingerprint density at radius 3 is 2.47 bits per heavy atom. The number of amides is 1. The van der Waals surface area contributed by atoms with E-state index in [0.29, 0.717) is 6.42 Å². The van der Waals surface area contributed by atoms with E-state index in [-0.39, 0.29) is 12.5 Å². The lowest BCUT2D eigenvalue weighted by atomic mass is 9.89. The lowest BCUT2D eigenvalue weighted by Crippen LogP contribution is -2.38. The van der Waals surface area contributed by atoms with Gasteiger partial charge in [0.25, 0.3) is 5.91 Å². The zero-order valence-electron chi connectivity index (χ0n) is 11.2. The molecular formula is C13H21NO2S. The second-order valence-corrected chi connectivity index (χ2v) is 6.40. The van der Waals surface area contributed by atoms with Crippen molar-refractivity contribution in [2.24, 2.45) is 5.41 Å². The molecule has 0 saturated carbocycles. The van der Waals surface area contributed by atoms with Gasteiger partial charge in [-0.15, -0.1) is 11.3 Å². The third-order valence-corrected chi connectivity index (χ3v) is 4.27. The molecule has 96 valence electrons. The lowest BCUT2D eigenvalue weighted by molar-refractivity contribution is -0.178. The minimum atomic E-state index is -0.505. The number of aryl methyl sites for hydroxylation is 2. The average molecular weight is 255 g/mol. The highest BCUT2D eigenvalue weighted by molar-refractivity contribution is 7.12. The van der Waals surface area contributed by atoms with Crippen molar-refractivity contribution in [1.29, 1.82) is 0 Å². The van der Waals surface area contributed by atoms with Crippen LogP contribution in [0.25, 0.3) is 0 Å². The van der Waals surface area contributed by atoms with Crippen molar-refractivity contribution in [3.8, 4) is 0 Å². The number of hydroxylamine groups is 2. The molecule has 0 radical (unpaired) electrons. The van der Waals surface area contributed by atoms with Crippen LogP contribution in [0.1, 0.15) is 42.5 Å². The molecule has 0 unspecified atom stereocenters. The van der Waals surface area contributed by atoms with Gasteiger partial charge in [-0.05, 0) is 31.9 Å². The van der Waals surface area contributed by atoms with E-state index in [9.17, 15) is 10.0 Å². The Morgan fingerprint density at radius 2 is 2.06 bits per heavy atom. The van der Waals surface area contributed by atoms with Crippen LogP contribution in [0.4, 0.5) is 0 Å². The highest BCUT2D eigenvalue weighted by Crippen LogP contribution is 2.26. The molecule has 1 aromatic heterocycles. The van der Waals surface area contributed by atoms with E-state index in [2.05, 4.69) is 6.07 Å². The minimum Gasteiger partial charge on any atom is -0.286 e. The topological polar surface area (TPSA) is 40.5 Å². The van der Waals surface area contributed by atoms with Gasteiger partial charge in [-0.2, -0.15) is 0 Å². The highest BCUT2D eigenvalue weighted by Gasteiger charge is 2.30. The summed E-state index contributed by atoms with van der Waals surface area (Å²) in [5.74, 6) is -0.217. The molecule has 4 heteroatoms. The van der Waals surface area contributed by atoms with Gasteiger partial charge in [0, 0.05) is 15.2 Å². The second-order valence-electron chi connectivity index (χ2n) is 5.06. The molecule has 0 aliphatic rings. The number of nitrogens with zero attached hydrogens (tertiary/aromatic N) is 1. The molecule has 1 aromatic rings. The number of hydrogen-bond donors (Lipinski definition) is 1. The van der Waals surface area contributed by atoms with Crippen LogP contribution < -0.4 is 0 Å². The number of carbonyl (C=O) groups excluding carboxylic acids is 1. The maximum atomic E-state index is 12.0. The van der Waals surface area contributed by atoms with Gasteiger partial charge in [-0.1, -0.05) is 20.8 Å². The molecule has 1 N–H and O–H groups in total. The first kappa shape index (κ1) is 14.2. The zero-order valence-corrected chi connectivity index (χ0v) is 12.0. The van der Waals surface area contributed by atoms with Crippen molar-refractivity contribution in [2.75, 3.05) is 0 Å². The van der Waals surface area contributed by atoms with Crippen LogP contribution in [-0.4, -0.2) is 16.2 Å². The first-order valence-electron chi connectivity index (χ1n) is 5.84. The van der Waals surface area contributed by atoms with Crippen molar-refractivity contribution in [1.82, 2.24) is 5.06 Å². The van der Waals surface area contributed by atoms with Crippen LogP contribution in [0.5, 0.6) is 0 Å². The summed E-state index contributed by atoms with van der Waals surface area (Å²) in [6.07, 6.45) is 0.714. The standard InChI is InChI=1S/C13H21NO2S/c1-6-13(4,5)12(15)14(16)8-11-9(2)7-10(3)17-11/h7,16H,6,8H2,1-5H3. The molecule has 0 aliphatic heterocycles. The maximum absolute atomic E-state index is 12.0. The minimum absolute atomic E-state index is 0.217. The lowest BCUT2D eigenvalue weighted by Gasteiger charge is -2.26. The number of carbonyl (C=O) groups is 1. The van der Waals surface area contributed by atoms with Crippen molar-refractivity contribution in [3.63, 3.8) is 0 Å². The van der Waals surface area contributed by atoms with Gasteiger partial charge >= 0.3 is 0 Å². The molecule has 3 nitrogen and oxygen atoms in total. The van der Waals surface area contributed by atoms with Crippen molar-refractivity contribution in [2.45, 2.75) is 47.6 Å². The van der Waals surface area contributed by atoms with Gasteiger partial charge in [0.2, 0.25) is 0 Å². The van der Waals surface area contributed by atoms with Gasteiger partial charge in [0.15, 0.2) is 0 Å². The molecule has 0 spiro atoms. The highest BCUT2D eigenvalue weighted by atomic mass is 32.1. The summed E-state index contributed by atoms with van der Waals surface area (Å²) in [6, 6.07) is 2.07. The Bertz CT molecular complexity index is 410. The van der Waals surface area contributed by atoms with Gasteiger partial charge in [-0.3, -0.25) is 10.0 Å². The van der Waals surface area contributed by atoms with Crippen LogP contribution in [0.3, 0.4) is 0 Å². The Balaban J connectivity index is 2.76. The SMILES string of the molecule is CCC(C)(C)C(=O)N(O)Cc1sc(C)cc1C. The number of thiophene rings is 1. The second kappa shape index (κ2) is 5.19. The first-order valence-corrected chi connectivity index (χ1v) is 6.66. The largest absolute Gasteiger partial charge is 0.286 e. The fraction of sp³-hybridized carbons (Fsp3) is 0.615. The summed E-state index contributed by atoms with van der Waals surface area (Å²) in [6.45, 7) is 9.97. The average Bonchev–Trinajstić information content (AvgIpc) is 2.56. The molecule has 0 aromatic carbocycles. The first-order chi connectivity index (χ1) is 7.77. The smallest absolute Gasteiger partial charge is 0.251 e. The van der Waals surface area contributed by atoms with Crippen molar-refractivity contribution < 1.29 is 10.0 Å². The van der Waals surface area contributed by atoms with Crippen LogP contribution in [-0.2, 0) is 11.3 Å². The van der Waals surface area contributed by atoms with E-state index in [1.54, 1.807) is 11.3 Å². The van der Waals surface area contributed by atoms with Crippen molar-refractivity contribution >= 4 is 17.2 Å². The third kappa shape index (κ3) is 3.30. The van der Waals surface area contributed by atoms with E-state index < -0.39 is 5.41 Å². The number of hydrogen-bond acceptors (Lipinski definition) is 3. The fourth-order valence-electron chi connectivity index (χ4n) is 1.56. The van der Waals surface area contributed by atoms with E-state index in [1.807, 2.05) is 34.6 Å². The molecular weight excluding hydrogens is 234 g/mol. The van der Waals surface area contributed by atoms with Gasteiger partial charge < -0.3 is 0 Å². The molecule has 0 saturated heterocycles. The van der Waals surface area contributed by atoms with Crippen LogP contribution >= 0.6 is 11.3 Å². The van der Waals surface area contributed by atoms with E-state index in [4.69, 9.17) is 0 Å². The molecule has 0 atom stereocenters. The van der Waals surface area contributed by atoms with Gasteiger partial charge in [0.1, 0.15) is 0 Å². The van der Waals surface area contributed by atoms with E-state index in [0.717, 1.165) is 15.5 Å². The summed E-state index contributed by atoms with van der Waals surface area (Å²) in [7, 11) is 0.